The lowest BCUT2D eigenvalue weighted by molar-refractivity contribution is -0.119. The van der Waals surface area contributed by atoms with Gasteiger partial charge in [0.2, 0.25) is 5.91 Å². The number of nitrogens with zero attached hydrogens (tertiary/aromatic N) is 2. The van der Waals surface area contributed by atoms with Crippen LogP contribution < -0.4 is 20.3 Å². The molecule has 0 aliphatic carbocycles. The number of amides is 1. The molecule has 4 rings (SSSR count). The van der Waals surface area contributed by atoms with Crippen LogP contribution in [0.5, 0.6) is 11.5 Å². The van der Waals surface area contributed by atoms with Crippen LogP contribution in [-0.4, -0.2) is 40.1 Å². The SMILES string of the molecule is C[C@H](NC(=O)CSc1nnc(-c2ccc3c(c2)OCCO3)c(=O)[nH]1)c1ccccc1. The van der Waals surface area contributed by atoms with Crippen molar-refractivity contribution in [2.24, 2.45) is 0 Å². The number of aromatic nitrogens is 3. The number of nitrogens with one attached hydrogen (secondary N) is 2. The lowest BCUT2D eigenvalue weighted by Crippen LogP contribution is -2.28. The maximum Gasteiger partial charge on any atom is 0.278 e. The van der Waals surface area contributed by atoms with E-state index in [0.29, 0.717) is 30.3 Å². The zero-order valence-corrected chi connectivity index (χ0v) is 17.1. The highest BCUT2D eigenvalue weighted by Crippen LogP contribution is 2.33. The van der Waals surface area contributed by atoms with Gasteiger partial charge in [0, 0.05) is 5.56 Å². The van der Waals surface area contributed by atoms with Crippen molar-refractivity contribution in [2.45, 2.75) is 18.1 Å². The van der Waals surface area contributed by atoms with Gasteiger partial charge in [-0.3, -0.25) is 14.6 Å². The van der Waals surface area contributed by atoms with Crippen LogP contribution in [-0.2, 0) is 4.79 Å². The summed E-state index contributed by atoms with van der Waals surface area (Å²) in [7, 11) is 0. The van der Waals surface area contributed by atoms with E-state index >= 15 is 0 Å². The number of fused-ring (bicyclic) bond motifs is 1. The molecule has 0 saturated heterocycles. The molecular formula is C21H20N4O4S. The summed E-state index contributed by atoms with van der Waals surface area (Å²) in [6.45, 7) is 2.87. The summed E-state index contributed by atoms with van der Waals surface area (Å²) in [5.41, 5.74) is 1.40. The van der Waals surface area contributed by atoms with Gasteiger partial charge in [-0.25, -0.2) is 0 Å². The number of carbonyl (C=O) groups excluding carboxylic acids is 1. The van der Waals surface area contributed by atoms with E-state index in [1.54, 1.807) is 18.2 Å². The van der Waals surface area contributed by atoms with Gasteiger partial charge in [0.05, 0.1) is 11.8 Å². The molecule has 0 unspecified atom stereocenters. The van der Waals surface area contributed by atoms with Gasteiger partial charge in [-0.2, -0.15) is 0 Å². The van der Waals surface area contributed by atoms with E-state index in [0.717, 1.165) is 17.3 Å². The first-order valence-electron chi connectivity index (χ1n) is 9.44. The topological polar surface area (TPSA) is 106 Å². The number of benzene rings is 2. The van der Waals surface area contributed by atoms with Crippen LogP contribution in [0.3, 0.4) is 0 Å². The second kappa shape index (κ2) is 9.00. The number of rotatable bonds is 6. The molecule has 2 N–H and O–H groups in total. The maximum atomic E-state index is 12.5. The molecule has 1 atom stereocenters. The quantitative estimate of drug-likeness (QED) is 0.586. The first kappa shape index (κ1) is 20.0. The second-order valence-corrected chi connectivity index (χ2v) is 7.62. The summed E-state index contributed by atoms with van der Waals surface area (Å²) in [6.07, 6.45) is 0. The van der Waals surface area contributed by atoms with E-state index in [-0.39, 0.29) is 34.1 Å². The third kappa shape index (κ3) is 4.62. The molecule has 1 aliphatic rings. The van der Waals surface area contributed by atoms with Crippen molar-refractivity contribution in [3.63, 3.8) is 0 Å². The van der Waals surface area contributed by atoms with Crippen LogP contribution in [0.4, 0.5) is 0 Å². The summed E-state index contributed by atoms with van der Waals surface area (Å²) >= 11 is 1.12. The van der Waals surface area contributed by atoms with Gasteiger partial charge in [-0.05, 0) is 30.7 Å². The molecule has 2 aromatic carbocycles. The molecule has 0 bridgehead atoms. The van der Waals surface area contributed by atoms with Crippen LogP contribution in [0, 0.1) is 0 Å². The van der Waals surface area contributed by atoms with Crippen molar-refractivity contribution in [1.29, 1.82) is 0 Å². The monoisotopic (exact) mass is 424 g/mol. The highest BCUT2D eigenvalue weighted by molar-refractivity contribution is 7.99. The van der Waals surface area contributed by atoms with Crippen molar-refractivity contribution in [1.82, 2.24) is 20.5 Å². The molecule has 0 fully saturated rings. The Kier molecular flexibility index (Phi) is 5.99. The number of hydrogen-bond acceptors (Lipinski definition) is 7. The summed E-state index contributed by atoms with van der Waals surface area (Å²) in [6, 6.07) is 14.8. The molecule has 1 amide bonds. The number of carbonyl (C=O) groups is 1. The van der Waals surface area contributed by atoms with Gasteiger partial charge >= 0.3 is 0 Å². The number of thioether (sulfide) groups is 1. The van der Waals surface area contributed by atoms with E-state index in [1.807, 2.05) is 37.3 Å². The van der Waals surface area contributed by atoms with Gasteiger partial charge in [0.1, 0.15) is 13.2 Å². The number of hydrogen-bond donors (Lipinski definition) is 2. The summed E-state index contributed by atoms with van der Waals surface area (Å²) < 4.78 is 11.0. The normalized spacial score (nSPS) is 13.5. The van der Waals surface area contributed by atoms with E-state index in [2.05, 4.69) is 20.5 Å². The lowest BCUT2D eigenvalue weighted by atomic mass is 10.1. The minimum atomic E-state index is -0.387. The lowest BCUT2D eigenvalue weighted by Gasteiger charge is -2.18. The fourth-order valence-electron chi connectivity index (χ4n) is 3.01. The first-order valence-corrected chi connectivity index (χ1v) is 10.4. The highest BCUT2D eigenvalue weighted by Gasteiger charge is 2.16. The predicted molar refractivity (Wildman–Crippen MR) is 113 cm³/mol. The number of aromatic amines is 1. The molecule has 1 aromatic heterocycles. The van der Waals surface area contributed by atoms with Crippen molar-refractivity contribution in [2.75, 3.05) is 19.0 Å². The second-order valence-electron chi connectivity index (χ2n) is 6.65. The van der Waals surface area contributed by atoms with Gasteiger partial charge in [-0.1, -0.05) is 42.1 Å². The summed E-state index contributed by atoms with van der Waals surface area (Å²) in [5.74, 6) is 1.17. The maximum absolute atomic E-state index is 12.5. The van der Waals surface area contributed by atoms with Crippen LogP contribution in [0.2, 0.25) is 0 Å². The molecule has 0 radical (unpaired) electrons. The van der Waals surface area contributed by atoms with Crippen molar-refractivity contribution >= 4 is 17.7 Å². The predicted octanol–water partition coefficient (Wildman–Crippen LogP) is 2.57. The third-order valence-electron chi connectivity index (χ3n) is 4.51. The Morgan fingerprint density at radius 1 is 1.13 bits per heavy atom. The van der Waals surface area contributed by atoms with Crippen molar-refractivity contribution in [3.8, 4) is 22.8 Å². The Morgan fingerprint density at radius 2 is 1.90 bits per heavy atom. The molecule has 154 valence electrons. The highest BCUT2D eigenvalue weighted by atomic mass is 32.2. The molecule has 2 heterocycles. The first-order chi connectivity index (χ1) is 14.6. The largest absolute Gasteiger partial charge is 0.486 e. The zero-order chi connectivity index (χ0) is 20.9. The Bertz CT molecular complexity index is 1100. The van der Waals surface area contributed by atoms with E-state index in [4.69, 9.17) is 9.47 Å². The summed E-state index contributed by atoms with van der Waals surface area (Å²) in [5, 5.41) is 11.3. The standard InChI is InChI=1S/C21H20N4O4S/c1-13(14-5-3-2-4-6-14)22-18(26)12-30-21-23-20(27)19(24-25-21)15-7-8-16-17(11-15)29-10-9-28-16/h2-8,11,13H,9-10,12H2,1H3,(H,22,26)(H,23,25,27)/t13-/m0/s1. The molecular weight excluding hydrogens is 404 g/mol. The number of ether oxygens (including phenoxy) is 2. The molecule has 8 nitrogen and oxygen atoms in total. The van der Waals surface area contributed by atoms with Crippen LogP contribution in [0.15, 0.2) is 58.5 Å². The fraction of sp³-hybridized carbons (Fsp3) is 0.238. The molecule has 9 heteroatoms. The Morgan fingerprint density at radius 3 is 2.67 bits per heavy atom. The van der Waals surface area contributed by atoms with E-state index in [1.165, 1.54) is 0 Å². The van der Waals surface area contributed by atoms with E-state index < -0.39 is 0 Å². The van der Waals surface area contributed by atoms with E-state index in [9.17, 15) is 9.59 Å². The third-order valence-corrected chi connectivity index (χ3v) is 5.37. The average Bonchev–Trinajstić information content (AvgIpc) is 2.78. The fourth-order valence-corrected chi connectivity index (χ4v) is 3.62. The molecule has 30 heavy (non-hydrogen) atoms. The Labute approximate surface area is 177 Å². The smallest absolute Gasteiger partial charge is 0.278 e. The Hall–Kier alpha value is -3.33. The summed E-state index contributed by atoms with van der Waals surface area (Å²) in [4.78, 5) is 27.4. The molecule has 3 aromatic rings. The molecule has 0 saturated carbocycles. The van der Waals surface area contributed by atoms with Crippen molar-refractivity contribution in [3.05, 3.63) is 64.4 Å². The molecule has 0 spiro atoms. The van der Waals surface area contributed by atoms with Crippen LogP contribution in [0.25, 0.3) is 11.3 Å². The minimum Gasteiger partial charge on any atom is -0.486 e. The van der Waals surface area contributed by atoms with Crippen molar-refractivity contribution < 1.29 is 14.3 Å². The number of H-pyrrole nitrogens is 1. The zero-order valence-electron chi connectivity index (χ0n) is 16.3. The minimum absolute atomic E-state index is 0.109. The van der Waals surface area contributed by atoms with Gasteiger partial charge in [0.15, 0.2) is 22.3 Å². The average molecular weight is 424 g/mol. The van der Waals surface area contributed by atoms with Gasteiger partial charge < -0.3 is 14.8 Å². The Balaban J connectivity index is 1.39. The van der Waals surface area contributed by atoms with Gasteiger partial charge in [0.25, 0.3) is 5.56 Å². The van der Waals surface area contributed by atoms with Gasteiger partial charge in [-0.15, -0.1) is 10.2 Å². The van der Waals surface area contributed by atoms with Crippen LogP contribution >= 0.6 is 11.8 Å². The van der Waals surface area contributed by atoms with Crippen LogP contribution in [0.1, 0.15) is 18.5 Å². The molecule has 1 aliphatic heterocycles.